The first-order chi connectivity index (χ1) is 10.8. The Morgan fingerprint density at radius 2 is 1.78 bits per heavy atom. The summed E-state index contributed by atoms with van der Waals surface area (Å²) in [7, 11) is 0. The number of primary amides is 1. The quantitative estimate of drug-likeness (QED) is 0.653. The van der Waals surface area contributed by atoms with Gasteiger partial charge in [-0.3, -0.25) is 19.7 Å². The molecule has 0 saturated carbocycles. The molecule has 8 heteroatoms. The van der Waals surface area contributed by atoms with Gasteiger partial charge in [-0.05, 0) is 12.5 Å². The highest BCUT2D eigenvalue weighted by Gasteiger charge is 2.23. The summed E-state index contributed by atoms with van der Waals surface area (Å²) in [5.41, 5.74) is 5.55. The number of ether oxygens (including phenoxy) is 1. The van der Waals surface area contributed by atoms with E-state index < -0.39 is 30.1 Å². The van der Waals surface area contributed by atoms with Gasteiger partial charge in [0.25, 0.3) is 5.91 Å². The molecule has 0 radical (unpaired) electrons. The number of rotatable bonds is 6. The molecule has 124 valence electrons. The molecular weight excluding hydrogens is 302 g/mol. The summed E-state index contributed by atoms with van der Waals surface area (Å²) in [6.45, 7) is 2.65. The number of carbonyl (C=O) groups is 4. The normalized spacial score (nSPS) is 12.6. The molecule has 0 aliphatic carbocycles. The molecular formula is C15H19N3O5. The van der Waals surface area contributed by atoms with Crippen LogP contribution >= 0.6 is 0 Å². The summed E-state index contributed by atoms with van der Waals surface area (Å²) < 4.78 is 4.94. The van der Waals surface area contributed by atoms with Crippen LogP contribution in [0.25, 0.3) is 0 Å². The second-order valence-electron chi connectivity index (χ2n) is 4.85. The van der Waals surface area contributed by atoms with Gasteiger partial charge in [0.1, 0.15) is 0 Å². The van der Waals surface area contributed by atoms with E-state index in [4.69, 9.17) is 10.5 Å². The third-order valence-corrected chi connectivity index (χ3v) is 2.87. The van der Waals surface area contributed by atoms with Gasteiger partial charge in [-0.25, -0.2) is 4.79 Å². The average Bonchev–Trinajstić information content (AvgIpc) is 2.46. The first kappa shape index (κ1) is 18.1. The van der Waals surface area contributed by atoms with E-state index in [0.717, 1.165) is 5.56 Å². The molecule has 0 aromatic heterocycles. The van der Waals surface area contributed by atoms with E-state index in [9.17, 15) is 19.2 Å². The third-order valence-electron chi connectivity index (χ3n) is 2.87. The maximum Gasteiger partial charge on any atom is 0.318 e. The molecule has 1 rings (SSSR count). The minimum atomic E-state index is -1.18. The number of carbonyl (C=O) groups excluding carboxylic acids is 4. The summed E-state index contributed by atoms with van der Waals surface area (Å²) in [5, 5.41) is 4.47. The number of benzene rings is 1. The van der Waals surface area contributed by atoms with Crippen LogP contribution in [0.4, 0.5) is 4.79 Å². The monoisotopic (exact) mass is 321 g/mol. The van der Waals surface area contributed by atoms with Crippen LogP contribution < -0.4 is 16.4 Å². The molecule has 1 aromatic carbocycles. The van der Waals surface area contributed by atoms with Gasteiger partial charge in [-0.15, -0.1) is 0 Å². The molecule has 0 unspecified atom stereocenters. The Labute approximate surface area is 133 Å². The molecule has 0 bridgehead atoms. The SMILES string of the molecule is CC(=O)N[C@@H](CC(=O)O[C@H](C)C(=O)NC(N)=O)c1ccccc1. The highest BCUT2D eigenvalue weighted by Crippen LogP contribution is 2.17. The standard InChI is InChI=1S/C15H19N3O5/c1-9(14(21)18-15(16)22)23-13(20)8-12(17-10(2)19)11-6-4-3-5-7-11/h3-7,9,12H,8H2,1-2H3,(H,17,19)(H3,16,18,21,22)/t9-,12+/m1/s1. The van der Waals surface area contributed by atoms with Crippen LogP contribution in [-0.4, -0.2) is 29.9 Å². The van der Waals surface area contributed by atoms with Crippen molar-refractivity contribution in [1.29, 1.82) is 0 Å². The largest absolute Gasteiger partial charge is 0.452 e. The number of nitrogens with two attached hydrogens (primary N) is 1. The lowest BCUT2D eigenvalue weighted by Gasteiger charge is -2.19. The molecule has 1 aromatic rings. The van der Waals surface area contributed by atoms with Gasteiger partial charge < -0.3 is 15.8 Å². The van der Waals surface area contributed by atoms with E-state index in [0.29, 0.717) is 0 Å². The van der Waals surface area contributed by atoms with Crippen molar-refractivity contribution in [2.75, 3.05) is 0 Å². The number of urea groups is 1. The summed E-state index contributed by atoms with van der Waals surface area (Å²) in [4.78, 5) is 45.3. The first-order valence-electron chi connectivity index (χ1n) is 6.91. The Hall–Kier alpha value is -2.90. The van der Waals surface area contributed by atoms with Gasteiger partial charge >= 0.3 is 12.0 Å². The smallest absolute Gasteiger partial charge is 0.318 e. The van der Waals surface area contributed by atoms with Crippen molar-refractivity contribution in [2.24, 2.45) is 5.73 Å². The lowest BCUT2D eigenvalue weighted by molar-refractivity contribution is -0.155. The lowest BCUT2D eigenvalue weighted by Crippen LogP contribution is -2.42. The summed E-state index contributed by atoms with van der Waals surface area (Å²) in [6.07, 6.45) is -1.33. The molecule has 0 spiro atoms. The van der Waals surface area contributed by atoms with E-state index in [1.807, 2.05) is 11.4 Å². The maximum absolute atomic E-state index is 11.9. The zero-order valence-electron chi connectivity index (χ0n) is 12.9. The van der Waals surface area contributed by atoms with Crippen molar-refractivity contribution in [3.05, 3.63) is 35.9 Å². The van der Waals surface area contributed by atoms with E-state index in [2.05, 4.69) is 5.32 Å². The van der Waals surface area contributed by atoms with Crippen LogP contribution in [0.15, 0.2) is 30.3 Å². The predicted molar refractivity (Wildman–Crippen MR) is 80.9 cm³/mol. The molecule has 4 amide bonds. The molecule has 8 nitrogen and oxygen atoms in total. The van der Waals surface area contributed by atoms with Crippen molar-refractivity contribution < 1.29 is 23.9 Å². The van der Waals surface area contributed by atoms with Gasteiger partial charge in [0.15, 0.2) is 6.10 Å². The second kappa shape index (κ2) is 8.52. The molecule has 4 N–H and O–H groups in total. The number of hydrogen-bond donors (Lipinski definition) is 3. The highest BCUT2D eigenvalue weighted by atomic mass is 16.5. The lowest BCUT2D eigenvalue weighted by atomic mass is 10.0. The van der Waals surface area contributed by atoms with Gasteiger partial charge in [0, 0.05) is 6.92 Å². The summed E-state index contributed by atoms with van der Waals surface area (Å²) in [6, 6.07) is 7.28. The van der Waals surface area contributed by atoms with Crippen molar-refractivity contribution in [1.82, 2.24) is 10.6 Å². The molecule has 0 fully saturated rings. The summed E-state index contributed by atoms with van der Waals surface area (Å²) in [5.74, 6) is -1.81. The Kier molecular flexibility index (Phi) is 6.72. The van der Waals surface area contributed by atoms with Crippen LogP contribution in [0.2, 0.25) is 0 Å². The minimum Gasteiger partial charge on any atom is -0.452 e. The van der Waals surface area contributed by atoms with E-state index in [-0.39, 0.29) is 12.3 Å². The van der Waals surface area contributed by atoms with Crippen LogP contribution in [0, 0.1) is 0 Å². The fraction of sp³-hybridized carbons (Fsp3) is 0.333. The fourth-order valence-corrected chi connectivity index (χ4v) is 1.87. The van der Waals surface area contributed by atoms with Crippen molar-refractivity contribution in [2.45, 2.75) is 32.4 Å². The molecule has 0 aliphatic heterocycles. The second-order valence-corrected chi connectivity index (χ2v) is 4.85. The molecule has 2 atom stereocenters. The van der Waals surface area contributed by atoms with E-state index in [1.165, 1.54) is 13.8 Å². The molecule has 0 aliphatic rings. The Morgan fingerprint density at radius 1 is 1.17 bits per heavy atom. The highest BCUT2D eigenvalue weighted by molar-refractivity contribution is 5.96. The maximum atomic E-state index is 11.9. The first-order valence-corrected chi connectivity index (χ1v) is 6.91. The molecule has 0 saturated heterocycles. The van der Waals surface area contributed by atoms with Gasteiger partial charge in [-0.2, -0.15) is 0 Å². The van der Waals surface area contributed by atoms with Crippen LogP contribution in [0.3, 0.4) is 0 Å². The zero-order valence-corrected chi connectivity index (χ0v) is 12.9. The van der Waals surface area contributed by atoms with Crippen LogP contribution in [0.1, 0.15) is 31.9 Å². The van der Waals surface area contributed by atoms with Gasteiger partial charge in [0.2, 0.25) is 5.91 Å². The molecule has 0 heterocycles. The topological polar surface area (TPSA) is 128 Å². The van der Waals surface area contributed by atoms with Crippen LogP contribution in [0.5, 0.6) is 0 Å². The minimum absolute atomic E-state index is 0.155. The number of esters is 1. The fourth-order valence-electron chi connectivity index (χ4n) is 1.87. The van der Waals surface area contributed by atoms with Crippen molar-refractivity contribution >= 4 is 23.8 Å². The Bertz CT molecular complexity index is 588. The summed E-state index contributed by atoms with van der Waals surface area (Å²) >= 11 is 0. The Morgan fingerprint density at radius 3 is 2.30 bits per heavy atom. The third kappa shape index (κ3) is 6.60. The zero-order chi connectivity index (χ0) is 17.4. The Balaban J connectivity index is 2.68. The number of imide groups is 1. The van der Waals surface area contributed by atoms with Gasteiger partial charge in [-0.1, -0.05) is 30.3 Å². The van der Waals surface area contributed by atoms with Gasteiger partial charge in [0.05, 0.1) is 12.5 Å². The average molecular weight is 321 g/mol. The number of amides is 4. The van der Waals surface area contributed by atoms with Crippen LogP contribution in [-0.2, 0) is 19.1 Å². The van der Waals surface area contributed by atoms with Crippen molar-refractivity contribution in [3.63, 3.8) is 0 Å². The van der Waals surface area contributed by atoms with E-state index in [1.54, 1.807) is 24.3 Å². The number of nitrogens with one attached hydrogen (secondary N) is 2. The predicted octanol–water partition coefficient (Wildman–Crippen LogP) is 0.381. The number of hydrogen-bond acceptors (Lipinski definition) is 5. The van der Waals surface area contributed by atoms with E-state index >= 15 is 0 Å². The molecule has 23 heavy (non-hydrogen) atoms. The van der Waals surface area contributed by atoms with Crippen molar-refractivity contribution in [3.8, 4) is 0 Å².